The summed E-state index contributed by atoms with van der Waals surface area (Å²) in [5.41, 5.74) is -0.569. The van der Waals surface area contributed by atoms with Crippen molar-refractivity contribution >= 4 is 0 Å². The Morgan fingerprint density at radius 2 is 1.62 bits per heavy atom. The summed E-state index contributed by atoms with van der Waals surface area (Å²) in [5.74, 6) is 0.487. The molecule has 0 atom stereocenters. The number of halogens is 3. The molecule has 4 heteroatoms. The van der Waals surface area contributed by atoms with E-state index in [0.717, 1.165) is 12.1 Å². The minimum atomic E-state index is -4.30. The van der Waals surface area contributed by atoms with Crippen molar-refractivity contribution in [1.29, 1.82) is 0 Å². The van der Waals surface area contributed by atoms with Gasteiger partial charge in [0.1, 0.15) is 11.4 Å². The van der Waals surface area contributed by atoms with Gasteiger partial charge >= 0.3 is 6.18 Å². The number of hydrogen-bond donors (Lipinski definition) is 0. The first kappa shape index (κ1) is 12.9. The van der Waals surface area contributed by atoms with Crippen LogP contribution in [0.4, 0.5) is 13.2 Å². The maximum Gasteiger partial charge on any atom is 0.416 e. The van der Waals surface area contributed by atoms with Gasteiger partial charge < -0.3 is 4.74 Å². The van der Waals surface area contributed by atoms with E-state index in [4.69, 9.17) is 4.74 Å². The molecule has 1 aromatic carbocycles. The lowest BCUT2D eigenvalue weighted by Crippen LogP contribution is -2.23. The van der Waals surface area contributed by atoms with E-state index in [-0.39, 0.29) is 0 Å². The Kier molecular flexibility index (Phi) is 3.22. The Balaban J connectivity index is 3.01. The lowest BCUT2D eigenvalue weighted by Gasteiger charge is -2.23. The summed E-state index contributed by atoms with van der Waals surface area (Å²) in [6.07, 6.45) is -4.30. The zero-order valence-electron chi connectivity index (χ0n) is 9.77. The quantitative estimate of drug-likeness (QED) is 0.705. The number of ether oxygens (including phenoxy) is 1. The fourth-order valence-corrected chi connectivity index (χ4v) is 1.27. The van der Waals surface area contributed by atoms with Crippen molar-refractivity contribution in [3.63, 3.8) is 0 Å². The zero-order chi connectivity index (χ0) is 12.6. The molecule has 0 amide bonds. The maximum atomic E-state index is 12.4. The molecule has 16 heavy (non-hydrogen) atoms. The molecule has 90 valence electrons. The molecule has 0 fully saturated rings. The third-order valence-corrected chi connectivity index (χ3v) is 1.92. The summed E-state index contributed by atoms with van der Waals surface area (Å²) in [6, 6.07) is 3.50. The van der Waals surface area contributed by atoms with Crippen molar-refractivity contribution in [3.8, 4) is 5.75 Å². The molecule has 1 rings (SSSR count). The second kappa shape index (κ2) is 4.00. The molecule has 0 heterocycles. The standard InChI is InChI=1S/C12H15F3O/c1-8-7-9(12(13,14)15)5-6-10(8)16-11(2,3)4/h5-7H,1-4H3. The van der Waals surface area contributed by atoms with Crippen molar-refractivity contribution in [2.75, 3.05) is 0 Å². The van der Waals surface area contributed by atoms with E-state index in [1.165, 1.54) is 6.07 Å². The summed E-state index contributed by atoms with van der Waals surface area (Å²) in [5, 5.41) is 0. The van der Waals surface area contributed by atoms with E-state index < -0.39 is 17.3 Å². The van der Waals surface area contributed by atoms with E-state index in [0.29, 0.717) is 11.3 Å². The van der Waals surface area contributed by atoms with Gasteiger partial charge in [-0.05, 0) is 51.5 Å². The highest BCUT2D eigenvalue weighted by atomic mass is 19.4. The fourth-order valence-electron chi connectivity index (χ4n) is 1.27. The van der Waals surface area contributed by atoms with Crippen LogP contribution < -0.4 is 4.74 Å². The molecule has 0 bridgehead atoms. The van der Waals surface area contributed by atoms with E-state index >= 15 is 0 Å². The molecule has 0 aromatic heterocycles. The molecule has 0 aliphatic rings. The number of aryl methyl sites for hydroxylation is 1. The Labute approximate surface area is 93.2 Å². The van der Waals surface area contributed by atoms with E-state index in [2.05, 4.69) is 0 Å². The van der Waals surface area contributed by atoms with Crippen LogP contribution in [-0.4, -0.2) is 5.60 Å². The minimum absolute atomic E-state index is 0.412. The topological polar surface area (TPSA) is 9.23 Å². The average Bonchev–Trinajstić information content (AvgIpc) is 2.04. The second-order valence-corrected chi connectivity index (χ2v) is 4.69. The van der Waals surface area contributed by atoms with Crippen LogP contribution in [0.25, 0.3) is 0 Å². The van der Waals surface area contributed by atoms with Crippen molar-refractivity contribution in [2.24, 2.45) is 0 Å². The summed E-state index contributed by atoms with van der Waals surface area (Å²) >= 11 is 0. The maximum absolute atomic E-state index is 12.4. The number of alkyl halides is 3. The van der Waals surface area contributed by atoms with Crippen LogP contribution >= 0.6 is 0 Å². The van der Waals surface area contributed by atoms with Crippen LogP contribution in [-0.2, 0) is 6.18 Å². The van der Waals surface area contributed by atoms with Gasteiger partial charge in [-0.3, -0.25) is 0 Å². The van der Waals surface area contributed by atoms with Crippen molar-refractivity contribution < 1.29 is 17.9 Å². The van der Waals surface area contributed by atoms with E-state index in [9.17, 15) is 13.2 Å². The van der Waals surface area contributed by atoms with Gasteiger partial charge in [0.15, 0.2) is 0 Å². The smallest absolute Gasteiger partial charge is 0.416 e. The average molecular weight is 232 g/mol. The van der Waals surface area contributed by atoms with E-state index in [1.807, 2.05) is 20.8 Å². The molecule has 0 unspecified atom stereocenters. The number of benzene rings is 1. The van der Waals surface area contributed by atoms with Gasteiger partial charge in [-0.2, -0.15) is 13.2 Å². The monoisotopic (exact) mass is 232 g/mol. The molecule has 0 aliphatic carbocycles. The molecular formula is C12H15F3O. The third kappa shape index (κ3) is 3.43. The Bertz CT molecular complexity index is 375. The molecule has 0 radical (unpaired) electrons. The molecule has 0 saturated heterocycles. The van der Waals surface area contributed by atoms with Crippen molar-refractivity contribution in [1.82, 2.24) is 0 Å². The summed E-state index contributed by atoms with van der Waals surface area (Å²) in [6.45, 7) is 7.16. The Morgan fingerprint density at radius 3 is 2.00 bits per heavy atom. The predicted molar refractivity (Wildman–Crippen MR) is 56.6 cm³/mol. The SMILES string of the molecule is Cc1cc(C(F)(F)F)ccc1OC(C)(C)C. The molecule has 1 aromatic rings. The lowest BCUT2D eigenvalue weighted by molar-refractivity contribution is -0.137. The summed E-state index contributed by atoms with van der Waals surface area (Å²) < 4.78 is 42.7. The first-order valence-electron chi connectivity index (χ1n) is 4.96. The first-order chi connectivity index (χ1) is 7.09. The number of hydrogen-bond acceptors (Lipinski definition) is 1. The minimum Gasteiger partial charge on any atom is -0.488 e. The van der Waals surface area contributed by atoms with Gasteiger partial charge in [-0.15, -0.1) is 0 Å². The highest BCUT2D eigenvalue weighted by molar-refractivity contribution is 5.37. The van der Waals surface area contributed by atoms with Gasteiger partial charge in [-0.25, -0.2) is 0 Å². The predicted octanol–water partition coefficient (Wildman–Crippen LogP) is 4.19. The highest BCUT2D eigenvalue weighted by Gasteiger charge is 2.30. The van der Waals surface area contributed by atoms with Crippen LogP contribution in [0.3, 0.4) is 0 Å². The molecule has 0 N–H and O–H groups in total. The molecule has 0 spiro atoms. The number of rotatable bonds is 1. The van der Waals surface area contributed by atoms with Gasteiger partial charge in [0.25, 0.3) is 0 Å². The fraction of sp³-hybridized carbons (Fsp3) is 0.500. The molecule has 1 nitrogen and oxygen atoms in total. The van der Waals surface area contributed by atoms with E-state index in [1.54, 1.807) is 6.92 Å². The van der Waals surface area contributed by atoms with Crippen LogP contribution in [0.1, 0.15) is 31.9 Å². The van der Waals surface area contributed by atoms with Crippen LogP contribution in [0.2, 0.25) is 0 Å². The van der Waals surface area contributed by atoms with Crippen LogP contribution in [0.5, 0.6) is 5.75 Å². The largest absolute Gasteiger partial charge is 0.488 e. The van der Waals surface area contributed by atoms with Crippen LogP contribution in [0.15, 0.2) is 18.2 Å². The molecule has 0 aliphatic heterocycles. The normalized spacial score (nSPS) is 12.7. The van der Waals surface area contributed by atoms with Gasteiger partial charge in [0.05, 0.1) is 5.56 Å². The van der Waals surface area contributed by atoms with Crippen molar-refractivity contribution in [2.45, 2.75) is 39.5 Å². The van der Waals surface area contributed by atoms with Crippen LogP contribution in [0, 0.1) is 6.92 Å². The van der Waals surface area contributed by atoms with Gasteiger partial charge in [0.2, 0.25) is 0 Å². The summed E-state index contributed by atoms with van der Waals surface area (Å²) in [7, 11) is 0. The molecular weight excluding hydrogens is 217 g/mol. The first-order valence-corrected chi connectivity index (χ1v) is 4.96. The zero-order valence-corrected chi connectivity index (χ0v) is 9.77. The Morgan fingerprint density at radius 1 is 1.06 bits per heavy atom. The summed E-state index contributed by atoms with van der Waals surface area (Å²) in [4.78, 5) is 0. The Hall–Kier alpha value is -1.19. The molecule has 0 saturated carbocycles. The van der Waals surface area contributed by atoms with Crippen molar-refractivity contribution in [3.05, 3.63) is 29.3 Å². The highest BCUT2D eigenvalue weighted by Crippen LogP contribution is 2.33. The van der Waals surface area contributed by atoms with Gasteiger partial charge in [0, 0.05) is 0 Å². The third-order valence-electron chi connectivity index (χ3n) is 1.92. The lowest BCUT2D eigenvalue weighted by atomic mass is 10.1. The van der Waals surface area contributed by atoms with Gasteiger partial charge in [-0.1, -0.05) is 0 Å². The second-order valence-electron chi connectivity index (χ2n) is 4.69.